The van der Waals surface area contributed by atoms with Crippen molar-refractivity contribution in [1.82, 2.24) is 4.98 Å². The van der Waals surface area contributed by atoms with Gasteiger partial charge in [0.1, 0.15) is 0 Å². The third-order valence-electron chi connectivity index (χ3n) is 3.44. The van der Waals surface area contributed by atoms with E-state index in [0.717, 1.165) is 0 Å². The molecule has 0 atom stereocenters. The molecule has 2 aliphatic rings. The first-order valence-corrected chi connectivity index (χ1v) is 5.43. The fourth-order valence-electron chi connectivity index (χ4n) is 2.77. The SMILES string of the molecule is c1nc2c(c3c1CCC3)CCCC2. The molecular weight excluding hydrogens is 158 g/mol. The number of pyridine rings is 1. The minimum absolute atomic E-state index is 1.22. The summed E-state index contributed by atoms with van der Waals surface area (Å²) in [6.45, 7) is 0. The highest BCUT2D eigenvalue weighted by atomic mass is 14.7. The van der Waals surface area contributed by atoms with Crippen LogP contribution in [0.25, 0.3) is 0 Å². The Balaban J connectivity index is 2.17. The molecule has 2 aliphatic carbocycles. The lowest BCUT2D eigenvalue weighted by molar-refractivity contribution is 0.661. The summed E-state index contributed by atoms with van der Waals surface area (Å²) in [4.78, 5) is 4.59. The minimum Gasteiger partial charge on any atom is -0.261 e. The Bertz CT molecular complexity index is 341. The van der Waals surface area contributed by atoms with Gasteiger partial charge in [0.2, 0.25) is 0 Å². The Morgan fingerprint density at radius 1 is 0.846 bits per heavy atom. The standard InChI is InChI=1S/C12H15N/c1-2-7-12-11(5-1)10-6-3-4-9(10)8-13-12/h8H,1-7H2. The Hall–Kier alpha value is -0.850. The van der Waals surface area contributed by atoms with Gasteiger partial charge in [-0.05, 0) is 61.6 Å². The Morgan fingerprint density at radius 2 is 1.69 bits per heavy atom. The largest absolute Gasteiger partial charge is 0.261 e. The molecule has 1 aromatic heterocycles. The average molecular weight is 173 g/mol. The molecule has 0 radical (unpaired) electrons. The molecule has 0 bridgehead atoms. The van der Waals surface area contributed by atoms with Gasteiger partial charge >= 0.3 is 0 Å². The lowest BCUT2D eigenvalue weighted by atomic mass is 9.91. The van der Waals surface area contributed by atoms with Gasteiger partial charge in [-0.1, -0.05) is 0 Å². The number of hydrogen-bond acceptors (Lipinski definition) is 1. The van der Waals surface area contributed by atoms with Gasteiger partial charge in [0.05, 0.1) is 0 Å². The maximum Gasteiger partial charge on any atom is 0.0438 e. The highest BCUT2D eigenvalue weighted by molar-refractivity contribution is 5.40. The minimum atomic E-state index is 1.22. The highest BCUT2D eigenvalue weighted by Crippen LogP contribution is 2.30. The van der Waals surface area contributed by atoms with Crippen LogP contribution in [0.4, 0.5) is 0 Å². The number of aryl methyl sites for hydroxylation is 2. The molecule has 68 valence electrons. The first-order chi connectivity index (χ1) is 6.45. The molecule has 0 N–H and O–H groups in total. The molecular formula is C12H15N. The van der Waals surface area contributed by atoms with Gasteiger partial charge in [-0.15, -0.1) is 0 Å². The lowest BCUT2D eigenvalue weighted by Crippen LogP contribution is -2.08. The summed E-state index contributed by atoms with van der Waals surface area (Å²) < 4.78 is 0. The number of aromatic nitrogens is 1. The van der Waals surface area contributed by atoms with Gasteiger partial charge in [0.25, 0.3) is 0 Å². The average Bonchev–Trinajstić information content (AvgIpc) is 2.65. The van der Waals surface area contributed by atoms with Crippen LogP contribution in [0.5, 0.6) is 0 Å². The van der Waals surface area contributed by atoms with Crippen molar-refractivity contribution in [3.05, 3.63) is 28.6 Å². The van der Waals surface area contributed by atoms with Crippen molar-refractivity contribution >= 4 is 0 Å². The quantitative estimate of drug-likeness (QED) is 0.587. The maximum absolute atomic E-state index is 4.59. The van der Waals surface area contributed by atoms with Crippen molar-refractivity contribution in [2.24, 2.45) is 0 Å². The van der Waals surface area contributed by atoms with Crippen LogP contribution >= 0.6 is 0 Å². The molecule has 1 heterocycles. The molecule has 0 unspecified atom stereocenters. The van der Waals surface area contributed by atoms with Crippen LogP contribution in [0.2, 0.25) is 0 Å². The van der Waals surface area contributed by atoms with Crippen LogP contribution in [-0.2, 0) is 25.7 Å². The van der Waals surface area contributed by atoms with Crippen LogP contribution < -0.4 is 0 Å². The zero-order valence-electron chi connectivity index (χ0n) is 7.97. The van der Waals surface area contributed by atoms with Gasteiger partial charge in [0.15, 0.2) is 0 Å². The normalized spacial score (nSPS) is 19.7. The van der Waals surface area contributed by atoms with E-state index in [1.165, 1.54) is 50.6 Å². The molecule has 13 heavy (non-hydrogen) atoms. The molecule has 1 aromatic rings. The number of rotatable bonds is 0. The third-order valence-corrected chi connectivity index (χ3v) is 3.44. The molecule has 1 nitrogen and oxygen atoms in total. The molecule has 3 rings (SSSR count). The van der Waals surface area contributed by atoms with E-state index in [1.807, 2.05) is 0 Å². The van der Waals surface area contributed by atoms with E-state index in [4.69, 9.17) is 0 Å². The van der Waals surface area contributed by atoms with Crippen LogP contribution in [-0.4, -0.2) is 4.98 Å². The van der Waals surface area contributed by atoms with E-state index in [1.54, 1.807) is 16.7 Å². The molecule has 0 saturated heterocycles. The Morgan fingerprint density at radius 3 is 2.69 bits per heavy atom. The van der Waals surface area contributed by atoms with Crippen LogP contribution in [0.3, 0.4) is 0 Å². The van der Waals surface area contributed by atoms with Crippen LogP contribution in [0.15, 0.2) is 6.20 Å². The van der Waals surface area contributed by atoms with Crippen molar-refractivity contribution in [2.45, 2.75) is 44.9 Å². The van der Waals surface area contributed by atoms with Crippen molar-refractivity contribution in [2.75, 3.05) is 0 Å². The summed E-state index contributed by atoms with van der Waals surface area (Å²) in [5.41, 5.74) is 6.25. The molecule has 0 aromatic carbocycles. The fraction of sp³-hybridized carbons (Fsp3) is 0.583. The number of fused-ring (bicyclic) bond motifs is 3. The van der Waals surface area contributed by atoms with Gasteiger partial charge in [-0.25, -0.2) is 0 Å². The third kappa shape index (κ3) is 1.10. The second-order valence-corrected chi connectivity index (χ2v) is 4.25. The predicted molar refractivity (Wildman–Crippen MR) is 52.9 cm³/mol. The van der Waals surface area contributed by atoms with Crippen molar-refractivity contribution in [3.8, 4) is 0 Å². The number of hydrogen-bond donors (Lipinski definition) is 0. The summed E-state index contributed by atoms with van der Waals surface area (Å²) in [5.74, 6) is 0. The van der Waals surface area contributed by atoms with Gasteiger partial charge in [0, 0.05) is 11.9 Å². The maximum atomic E-state index is 4.59. The van der Waals surface area contributed by atoms with E-state index in [0.29, 0.717) is 0 Å². The van der Waals surface area contributed by atoms with Crippen molar-refractivity contribution in [3.63, 3.8) is 0 Å². The predicted octanol–water partition coefficient (Wildman–Crippen LogP) is 2.45. The van der Waals surface area contributed by atoms with E-state index in [2.05, 4.69) is 11.2 Å². The summed E-state index contributed by atoms with van der Waals surface area (Å²) in [6, 6.07) is 0. The molecule has 1 heteroatoms. The van der Waals surface area contributed by atoms with E-state index in [9.17, 15) is 0 Å². The monoisotopic (exact) mass is 173 g/mol. The summed E-state index contributed by atoms with van der Waals surface area (Å²) in [7, 11) is 0. The van der Waals surface area contributed by atoms with E-state index < -0.39 is 0 Å². The fourth-order valence-corrected chi connectivity index (χ4v) is 2.77. The van der Waals surface area contributed by atoms with Gasteiger partial charge < -0.3 is 0 Å². The van der Waals surface area contributed by atoms with E-state index in [-0.39, 0.29) is 0 Å². The summed E-state index contributed by atoms with van der Waals surface area (Å²) >= 11 is 0. The smallest absolute Gasteiger partial charge is 0.0438 e. The highest BCUT2D eigenvalue weighted by Gasteiger charge is 2.20. The molecule has 0 amide bonds. The second kappa shape index (κ2) is 2.83. The summed E-state index contributed by atoms with van der Waals surface area (Å²) in [5, 5.41) is 0. The number of nitrogens with zero attached hydrogens (tertiary/aromatic N) is 1. The summed E-state index contributed by atoms with van der Waals surface area (Å²) in [6.07, 6.45) is 11.3. The van der Waals surface area contributed by atoms with Crippen molar-refractivity contribution in [1.29, 1.82) is 0 Å². The molecule has 0 fully saturated rings. The van der Waals surface area contributed by atoms with Crippen LogP contribution in [0.1, 0.15) is 41.6 Å². The molecule has 0 spiro atoms. The zero-order chi connectivity index (χ0) is 8.67. The second-order valence-electron chi connectivity index (χ2n) is 4.25. The van der Waals surface area contributed by atoms with E-state index >= 15 is 0 Å². The van der Waals surface area contributed by atoms with Crippen LogP contribution in [0, 0.1) is 0 Å². The first-order valence-electron chi connectivity index (χ1n) is 5.43. The topological polar surface area (TPSA) is 12.9 Å². The zero-order valence-corrected chi connectivity index (χ0v) is 7.97. The first kappa shape index (κ1) is 7.54. The Labute approximate surface area is 79.2 Å². The van der Waals surface area contributed by atoms with Gasteiger partial charge in [-0.3, -0.25) is 4.98 Å². The van der Waals surface area contributed by atoms with Gasteiger partial charge in [-0.2, -0.15) is 0 Å². The molecule has 0 aliphatic heterocycles. The Kier molecular flexibility index (Phi) is 1.64. The lowest BCUT2D eigenvalue weighted by Gasteiger charge is -2.17. The molecule has 0 saturated carbocycles. The van der Waals surface area contributed by atoms with Crippen molar-refractivity contribution < 1.29 is 0 Å².